The Hall–Kier alpha value is -1.31. The first kappa shape index (κ1) is 9.25. The van der Waals surface area contributed by atoms with Crippen molar-refractivity contribution in [2.75, 3.05) is 6.61 Å². The number of hydrogen-bond donors (Lipinski definition) is 0. The van der Waals surface area contributed by atoms with Crippen molar-refractivity contribution < 1.29 is 9.53 Å². The Morgan fingerprint density at radius 2 is 2.36 bits per heavy atom. The predicted molar refractivity (Wildman–Crippen MR) is 55.0 cm³/mol. The van der Waals surface area contributed by atoms with E-state index < -0.39 is 0 Å². The van der Waals surface area contributed by atoms with E-state index in [0.29, 0.717) is 12.3 Å². The molecule has 0 radical (unpaired) electrons. The molecule has 0 spiro atoms. The minimum absolute atomic E-state index is 0.201. The van der Waals surface area contributed by atoms with Gasteiger partial charge < -0.3 is 4.74 Å². The van der Waals surface area contributed by atoms with E-state index in [1.807, 2.05) is 25.1 Å². The molecule has 1 aliphatic heterocycles. The summed E-state index contributed by atoms with van der Waals surface area (Å²) in [4.78, 5) is 11.5. The van der Waals surface area contributed by atoms with Crippen LogP contribution >= 0.6 is 0 Å². The third-order valence-corrected chi connectivity index (χ3v) is 2.67. The van der Waals surface area contributed by atoms with Crippen LogP contribution in [0.3, 0.4) is 0 Å². The van der Waals surface area contributed by atoms with Crippen LogP contribution in [0.25, 0.3) is 0 Å². The zero-order valence-electron chi connectivity index (χ0n) is 8.54. The highest BCUT2D eigenvalue weighted by molar-refractivity contribution is 5.96. The standard InChI is InChI=1S/C12H14O2/c1-3-11(13)9-4-5-12-10(6-9)8(2)7-14-12/h4-6,8H,3,7H2,1-2H3. The average Bonchev–Trinajstić information content (AvgIpc) is 2.59. The van der Waals surface area contributed by atoms with Crippen LogP contribution < -0.4 is 4.74 Å². The van der Waals surface area contributed by atoms with Gasteiger partial charge in [-0.2, -0.15) is 0 Å². The number of ether oxygens (including phenoxy) is 1. The number of Topliss-reactive ketones (excluding diaryl/α,β-unsaturated/α-hetero) is 1. The second-order valence-electron chi connectivity index (χ2n) is 3.74. The second kappa shape index (κ2) is 3.45. The van der Waals surface area contributed by atoms with Gasteiger partial charge >= 0.3 is 0 Å². The molecule has 2 heteroatoms. The van der Waals surface area contributed by atoms with Gasteiger partial charge in [0.2, 0.25) is 0 Å². The topological polar surface area (TPSA) is 26.3 Å². The van der Waals surface area contributed by atoms with Gasteiger partial charge in [-0.1, -0.05) is 13.8 Å². The minimum atomic E-state index is 0.201. The summed E-state index contributed by atoms with van der Waals surface area (Å²) in [7, 11) is 0. The van der Waals surface area contributed by atoms with E-state index in [1.54, 1.807) is 0 Å². The van der Waals surface area contributed by atoms with Crippen LogP contribution in [0.5, 0.6) is 5.75 Å². The second-order valence-corrected chi connectivity index (χ2v) is 3.74. The van der Waals surface area contributed by atoms with Crippen LogP contribution in [0.15, 0.2) is 18.2 Å². The molecule has 74 valence electrons. The lowest BCUT2D eigenvalue weighted by molar-refractivity contribution is 0.0988. The highest BCUT2D eigenvalue weighted by atomic mass is 16.5. The van der Waals surface area contributed by atoms with E-state index in [9.17, 15) is 4.79 Å². The third-order valence-electron chi connectivity index (χ3n) is 2.67. The molecule has 1 unspecified atom stereocenters. The molecule has 1 aliphatic rings. The summed E-state index contributed by atoms with van der Waals surface area (Å²) < 4.78 is 5.47. The van der Waals surface area contributed by atoms with E-state index in [0.717, 1.165) is 17.9 Å². The summed E-state index contributed by atoms with van der Waals surface area (Å²) in [5, 5.41) is 0. The van der Waals surface area contributed by atoms with Gasteiger partial charge in [-0.05, 0) is 18.2 Å². The molecule has 1 heterocycles. The van der Waals surface area contributed by atoms with Crippen LogP contribution in [0.4, 0.5) is 0 Å². The van der Waals surface area contributed by atoms with Crippen molar-refractivity contribution in [3.63, 3.8) is 0 Å². The number of fused-ring (bicyclic) bond motifs is 1. The van der Waals surface area contributed by atoms with Gasteiger partial charge in [-0.25, -0.2) is 0 Å². The van der Waals surface area contributed by atoms with E-state index in [1.165, 1.54) is 5.56 Å². The Balaban J connectivity index is 2.39. The molecule has 0 amide bonds. The molecule has 2 nitrogen and oxygen atoms in total. The van der Waals surface area contributed by atoms with Crippen molar-refractivity contribution in [2.45, 2.75) is 26.2 Å². The van der Waals surface area contributed by atoms with Gasteiger partial charge in [0.15, 0.2) is 5.78 Å². The van der Waals surface area contributed by atoms with E-state index in [2.05, 4.69) is 6.92 Å². The average molecular weight is 190 g/mol. The van der Waals surface area contributed by atoms with Gasteiger partial charge in [-0.3, -0.25) is 4.79 Å². The van der Waals surface area contributed by atoms with Gasteiger partial charge in [0.25, 0.3) is 0 Å². The highest BCUT2D eigenvalue weighted by Gasteiger charge is 2.20. The summed E-state index contributed by atoms with van der Waals surface area (Å²) in [5.74, 6) is 1.55. The number of carbonyl (C=O) groups excluding carboxylic acids is 1. The number of hydrogen-bond acceptors (Lipinski definition) is 2. The summed E-state index contributed by atoms with van der Waals surface area (Å²) >= 11 is 0. The predicted octanol–water partition coefficient (Wildman–Crippen LogP) is 2.78. The Bertz CT molecular complexity index is 369. The molecule has 1 atom stereocenters. The van der Waals surface area contributed by atoms with Crippen molar-refractivity contribution in [2.24, 2.45) is 0 Å². The normalized spacial score (nSPS) is 18.9. The summed E-state index contributed by atoms with van der Waals surface area (Å²) in [6.45, 7) is 4.74. The first-order chi connectivity index (χ1) is 6.72. The van der Waals surface area contributed by atoms with E-state index in [4.69, 9.17) is 4.74 Å². The fourth-order valence-electron chi connectivity index (χ4n) is 1.75. The van der Waals surface area contributed by atoms with Crippen LogP contribution in [0, 0.1) is 0 Å². The molecule has 0 aromatic heterocycles. The molecule has 14 heavy (non-hydrogen) atoms. The maximum absolute atomic E-state index is 11.5. The van der Waals surface area contributed by atoms with Crippen molar-refractivity contribution in [3.8, 4) is 5.75 Å². The zero-order chi connectivity index (χ0) is 10.1. The maximum Gasteiger partial charge on any atom is 0.162 e. The first-order valence-electron chi connectivity index (χ1n) is 5.02. The maximum atomic E-state index is 11.5. The van der Waals surface area contributed by atoms with Gasteiger partial charge in [0.05, 0.1) is 6.61 Å². The Labute approximate surface area is 83.9 Å². The monoisotopic (exact) mass is 190 g/mol. The molecular weight excluding hydrogens is 176 g/mol. The lowest BCUT2D eigenvalue weighted by Crippen LogP contribution is -1.98. The molecule has 1 aromatic rings. The smallest absolute Gasteiger partial charge is 0.162 e. The number of ketones is 1. The molecule has 0 aliphatic carbocycles. The number of rotatable bonds is 2. The number of carbonyl (C=O) groups is 1. The Kier molecular flexibility index (Phi) is 2.28. The molecule has 0 bridgehead atoms. The van der Waals surface area contributed by atoms with E-state index >= 15 is 0 Å². The molecule has 0 saturated carbocycles. The number of benzene rings is 1. The molecule has 0 fully saturated rings. The molecule has 0 saturated heterocycles. The van der Waals surface area contributed by atoms with E-state index in [-0.39, 0.29) is 5.78 Å². The van der Waals surface area contributed by atoms with Crippen LogP contribution in [-0.4, -0.2) is 12.4 Å². The Morgan fingerprint density at radius 1 is 1.57 bits per heavy atom. The quantitative estimate of drug-likeness (QED) is 0.670. The molecule has 0 N–H and O–H groups in total. The van der Waals surface area contributed by atoms with Gasteiger partial charge in [-0.15, -0.1) is 0 Å². The van der Waals surface area contributed by atoms with Gasteiger partial charge in [0, 0.05) is 23.5 Å². The zero-order valence-corrected chi connectivity index (χ0v) is 8.54. The van der Waals surface area contributed by atoms with Crippen LogP contribution in [0.1, 0.15) is 42.1 Å². The largest absolute Gasteiger partial charge is 0.493 e. The van der Waals surface area contributed by atoms with Crippen LogP contribution in [0.2, 0.25) is 0 Å². The van der Waals surface area contributed by atoms with Crippen molar-refractivity contribution in [3.05, 3.63) is 29.3 Å². The lowest BCUT2D eigenvalue weighted by atomic mass is 9.99. The van der Waals surface area contributed by atoms with Crippen molar-refractivity contribution >= 4 is 5.78 Å². The van der Waals surface area contributed by atoms with Crippen molar-refractivity contribution in [1.29, 1.82) is 0 Å². The molecule has 1 aromatic carbocycles. The van der Waals surface area contributed by atoms with Crippen molar-refractivity contribution in [1.82, 2.24) is 0 Å². The summed E-state index contributed by atoms with van der Waals surface area (Å²) in [6, 6.07) is 5.73. The Morgan fingerprint density at radius 3 is 3.07 bits per heavy atom. The molecular formula is C12H14O2. The SMILES string of the molecule is CCC(=O)c1ccc2c(c1)C(C)CO2. The van der Waals surface area contributed by atoms with Gasteiger partial charge in [0.1, 0.15) is 5.75 Å². The fraction of sp³-hybridized carbons (Fsp3) is 0.417. The third kappa shape index (κ3) is 1.41. The van der Waals surface area contributed by atoms with Crippen LogP contribution in [-0.2, 0) is 0 Å². The summed E-state index contributed by atoms with van der Waals surface area (Å²) in [6.07, 6.45) is 0.564. The minimum Gasteiger partial charge on any atom is -0.493 e. The fourth-order valence-corrected chi connectivity index (χ4v) is 1.75. The first-order valence-corrected chi connectivity index (χ1v) is 5.02. The summed E-state index contributed by atoms with van der Waals surface area (Å²) in [5.41, 5.74) is 1.98. The molecule has 2 rings (SSSR count). The lowest BCUT2D eigenvalue weighted by Gasteiger charge is -2.03. The highest BCUT2D eigenvalue weighted by Crippen LogP contribution is 2.34.